The van der Waals surface area contributed by atoms with Crippen molar-refractivity contribution in [3.8, 4) is 0 Å². The number of carbonyl (C=O) groups excluding carboxylic acids is 2. The van der Waals surface area contributed by atoms with Crippen LogP contribution >= 0.6 is 0 Å². The monoisotopic (exact) mass is 320 g/mol. The van der Waals surface area contributed by atoms with E-state index in [2.05, 4.69) is 21.9 Å². The second kappa shape index (κ2) is 8.41. The molecule has 126 valence electrons. The summed E-state index contributed by atoms with van der Waals surface area (Å²) in [5, 5.41) is 2.90. The maximum absolute atomic E-state index is 11.7. The summed E-state index contributed by atoms with van der Waals surface area (Å²) in [5.41, 5.74) is 1.56. The highest BCUT2D eigenvalue weighted by Gasteiger charge is 2.24. The minimum Gasteiger partial charge on any atom is -0.465 e. The Morgan fingerprint density at radius 3 is 2.70 bits per heavy atom. The molecule has 23 heavy (non-hydrogen) atoms. The molecule has 0 aromatic heterocycles. The van der Waals surface area contributed by atoms with E-state index >= 15 is 0 Å². The number of methoxy groups -OCH3 is 1. The maximum atomic E-state index is 11.7. The Bertz CT molecular complexity index is 530. The first-order valence-corrected chi connectivity index (χ1v) is 8.00. The Labute approximate surface area is 136 Å². The molecule has 0 spiro atoms. The van der Waals surface area contributed by atoms with E-state index < -0.39 is 0 Å². The van der Waals surface area contributed by atoms with Crippen LogP contribution in [0.1, 0.15) is 36.5 Å². The number of hydrogen-bond donors (Lipinski definition) is 1. The summed E-state index contributed by atoms with van der Waals surface area (Å²) < 4.78 is 9.81. The van der Waals surface area contributed by atoms with Crippen molar-refractivity contribution in [1.82, 2.24) is 5.32 Å². The van der Waals surface area contributed by atoms with E-state index in [9.17, 15) is 9.59 Å². The van der Waals surface area contributed by atoms with Gasteiger partial charge in [0.05, 0.1) is 25.3 Å². The Hall–Kier alpha value is -2.24. The first-order chi connectivity index (χ1) is 11.1. The highest BCUT2D eigenvalue weighted by atomic mass is 16.5. The molecule has 6 heteroatoms. The van der Waals surface area contributed by atoms with Crippen molar-refractivity contribution in [2.75, 3.05) is 31.7 Å². The normalized spacial score (nSPS) is 17.0. The molecule has 0 radical (unpaired) electrons. The van der Waals surface area contributed by atoms with Crippen LogP contribution in [0.3, 0.4) is 0 Å². The molecule has 0 aliphatic carbocycles. The molecule has 0 bridgehead atoms. The summed E-state index contributed by atoms with van der Waals surface area (Å²) >= 11 is 0. The number of amides is 1. The quantitative estimate of drug-likeness (QED) is 0.644. The first kappa shape index (κ1) is 17.1. The Balaban J connectivity index is 1.82. The van der Waals surface area contributed by atoms with E-state index in [4.69, 9.17) is 4.74 Å². The minimum absolute atomic E-state index is 0.0874. The number of carbonyl (C=O) groups is 2. The Morgan fingerprint density at radius 2 is 2.04 bits per heavy atom. The molecule has 1 atom stereocenters. The fraction of sp³-hybridized carbons (Fsp3) is 0.529. The van der Waals surface area contributed by atoms with Gasteiger partial charge in [0.25, 0.3) is 0 Å². The van der Waals surface area contributed by atoms with Crippen LogP contribution in [-0.2, 0) is 9.47 Å². The topological polar surface area (TPSA) is 67.9 Å². The molecular formula is C17H24N2O4. The van der Waals surface area contributed by atoms with Crippen molar-refractivity contribution in [3.63, 3.8) is 0 Å². The number of nitrogens with zero attached hydrogens (tertiary/aromatic N) is 1. The SMILES string of the molecule is CCCCOC(=O)N[C@@H]1CCN(c2ccc(C(=O)OC)cc2)C1. The van der Waals surface area contributed by atoms with E-state index in [1.807, 2.05) is 12.1 Å². The van der Waals surface area contributed by atoms with Gasteiger partial charge in [-0.15, -0.1) is 0 Å². The number of nitrogens with one attached hydrogen (secondary N) is 1. The molecule has 0 unspecified atom stereocenters. The van der Waals surface area contributed by atoms with Crippen molar-refractivity contribution >= 4 is 17.7 Å². The predicted octanol–water partition coefficient (Wildman–Crippen LogP) is 2.58. The van der Waals surface area contributed by atoms with Gasteiger partial charge in [-0.05, 0) is 37.1 Å². The van der Waals surface area contributed by atoms with Crippen LogP contribution < -0.4 is 10.2 Å². The Kier molecular flexibility index (Phi) is 6.26. The zero-order valence-corrected chi connectivity index (χ0v) is 13.7. The van der Waals surface area contributed by atoms with E-state index in [1.54, 1.807) is 12.1 Å². The average molecular weight is 320 g/mol. The van der Waals surface area contributed by atoms with Crippen molar-refractivity contribution in [1.29, 1.82) is 0 Å². The lowest BCUT2D eigenvalue weighted by Gasteiger charge is -2.19. The summed E-state index contributed by atoms with van der Waals surface area (Å²) in [5.74, 6) is -0.340. The van der Waals surface area contributed by atoms with E-state index in [0.29, 0.717) is 12.2 Å². The lowest BCUT2D eigenvalue weighted by Crippen LogP contribution is -2.37. The highest BCUT2D eigenvalue weighted by Crippen LogP contribution is 2.21. The van der Waals surface area contributed by atoms with Crippen molar-refractivity contribution in [2.24, 2.45) is 0 Å². The van der Waals surface area contributed by atoms with Gasteiger partial charge in [0, 0.05) is 18.8 Å². The van der Waals surface area contributed by atoms with Gasteiger partial charge in [0.15, 0.2) is 0 Å². The molecule has 1 fully saturated rings. The lowest BCUT2D eigenvalue weighted by molar-refractivity contribution is 0.0600. The van der Waals surface area contributed by atoms with Crippen LogP contribution in [0.25, 0.3) is 0 Å². The van der Waals surface area contributed by atoms with Crippen molar-refractivity contribution in [3.05, 3.63) is 29.8 Å². The third-order valence-corrected chi connectivity index (χ3v) is 3.89. The molecule has 6 nitrogen and oxygen atoms in total. The molecule has 1 aliphatic rings. The van der Waals surface area contributed by atoms with E-state index in [0.717, 1.165) is 38.0 Å². The number of rotatable bonds is 6. The predicted molar refractivity (Wildman–Crippen MR) is 87.8 cm³/mol. The number of alkyl carbamates (subject to hydrolysis) is 1. The molecule has 1 aromatic rings. The summed E-state index contributed by atoms with van der Waals surface area (Å²) in [6.45, 7) is 4.12. The molecule has 1 N–H and O–H groups in total. The summed E-state index contributed by atoms with van der Waals surface area (Å²) in [6, 6.07) is 7.38. The van der Waals surface area contributed by atoms with Crippen LogP contribution in [0.15, 0.2) is 24.3 Å². The van der Waals surface area contributed by atoms with Crippen LogP contribution in [0.2, 0.25) is 0 Å². The van der Waals surface area contributed by atoms with Gasteiger partial charge < -0.3 is 19.7 Å². The zero-order valence-electron chi connectivity index (χ0n) is 13.7. The van der Waals surface area contributed by atoms with Crippen LogP contribution in [0.5, 0.6) is 0 Å². The lowest BCUT2D eigenvalue weighted by atomic mass is 10.2. The zero-order chi connectivity index (χ0) is 16.7. The molecule has 2 rings (SSSR count). The van der Waals surface area contributed by atoms with Gasteiger partial charge in [0.1, 0.15) is 0 Å². The summed E-state index contributed by atoms with van der Waals surface area (Å²) in [7, 11) is 1.37. The average Bonchev–Trinajstić information content (AvgIpc) is 3.03. The number of hydrogen-bond acceptors (Lipinski definition) is 5. The molecule has 1 aromatic carbocycles. The maximum Gasteiger partial charge on any atom is 0.407 e. The van der Waals surface area contributed by atoms with Crippen molar-refractivity contribution < 1.29 is 19.1 Å². The number of anilines is 1. The van der Waals surface area contributed by atoms with Gasteiger partial charge in [-0.25, -0.2) is 9.59 Å². The van der Waals surface area contributed by atoms with Gasteiger partial charge in [-0.3, -0.25) is 0 Å². The van der Waals surface area contributed by atoms with Gasteiger partial charge in [-0.1, -0.05) is 13.3 Å². The van der Waals surface area contributed by atoms with E-state index in [1.165, 1.54) is 7.11 Å². The second-order valence-corrected chi connectivity index (χ2v) is 5.60. The van der Waals surface area contributed by atoms with Gasteiger partial charge >= 0.3 is 12.1 Å². The van der Waals surface area contributed by atoms with Crippen molar-refractivity contribution in [2.45, 2.75) is 32.2 Å². The number of esters is 1. The minimum atomic E-state index is -0.341. The molecule has 1 saturated heterocycles. The summed E-state index contributed by atoms with van der Waals surface area (Å²) in [6.07, 6.45) is 2.43. The third-order valence-electron chi connectivity index (χ3n) is 3.89. The summed E-state index contributed by atoms with van der Waals surface area (Å²) in [4.78, 5) is 25.3. The third kappa shape index (κ3) is 4.87. The number of unbranched alkanes of at least 4 members (excludes halogenated alkanes) is 1. The first-order valence-electron chi connectivity index (χ1n) is 8.00. The highest BCUT2D eigenvalue weighted by molar-refractivity contribution is 5.89. The molecule has 1 aliphatic heterocycles. The Morgan fingerprint density at radius 1 is 1.30 bits per heavy atom. The molecule has 1 amide bonds. The fourth-order valence-electron chi connectivity index (χ4n) is 2.56. The number of ether oxygens (including phenoxy) is 2. The standard InChI is InChI=1S/C17H24N2O4/c1-3-4-11-23-17(21)18-14-9-10-19(12-14)15-7-5-13(6-8-15)16(20)22-2/h5-8,14H,3-4,9-12H2,1-2H3,(H,18,21)/t14-/m1/s1. The van der Waals surface area contributed by atoms with Crippen LogP contribution in [-0.4, -0.2) is 44.9 Å². The molecular weight excluding hydrogens is 296 g/mol. The van der Waals surface area contributed by atoms with E-state index in [-0.39, 0.29) is 18.1 Å². The number of benzene rings is 1. The molecule has 0 saturated carbocycles. The smallest absolute Gasteiger partial charge is 0.407 e. The van der Waals surface area contributed by atoms with Crippen LogP contribution in [0.4, 0.5) is 10.5 Å². The molecule has 1 heterocycles. The van der Waals surface area contributed by atoms with Gasteiger partial charge in [-0.2, -0.15) is 0 Å². The fourth-order valence-corrected chi connectivity index (χ4v) is 2.56. The van der Waals surface area contributed by atoms with Crippen LogP contribution in [0, 0.1) is 0 Å². The van der Waals surface area contributed by atoms with Gasteiger partial charge in [0.2, 0.25) is 0 Å². The largest absolute Gasteiger partial charge is 0.465 e. The second-order valence-electron chi connectivity index (χ2n) is 5.60.